The number of hydrogen-bond donors (Lipinski definition) is 2. The second-order valence-electron chi connectivity index (χ2n) is 10.8. The molecule has 0 aliphatic carbocycles. The van der Waals surface area contributed by atoms with Gasteiger partial charge in [0.25, 0.3) is 0 Å². The molecule has 1 spiro atoms. The number of esters is 1. The fraction of sp³-hybridized carbons (Fsp3) is 0.893. The van der Waals surface area contributed by atoms with Crippen LogP contribution in [0.5, 0.6) is 0 Å². The van der Waals surface area contributed by atoms with E-state index in [0.29, 0.717) is 25.7 Å². The van der Waals surface area contributed by atoms with Crippen molar-refractivity contribution in [2.45, 2.75) is 159 Å². The van der Waals surface area contributed by atoms with Gasteiger partial charge in [-0.15, -0.1) is 0 Å². The Kier molecular flexibility index (Phi) is 11.8. The molecule has 6 heteroatoms. The molecule has 34 heavy (non-hydrogen) atoms. The molecular weight excluding hydrogens is 432 g/mol. The SMILES string of the molecule is CCCCCCCCCCCCCCCC(O)CC1CC(O)CC2(CC3OC(=O)C=CC3O2)O1. The third-order valence-corrected chi connectivity index (χ3v) is 7.56. The summed E-state index contributed by atoms with van der Waals surface area (Å²) in [6, 6.07) is 0. The molecule has 0 aromatic carbocycles. The Morgan fingerprint density at radius 3 is 2.21 bits per heavy atom. The van der Waals surface area contributed by atoms with Crippen LogP contribution >= 0.6 is 0 Å². The predicted molar refractivity (Wildman–Crippen MR) is 132 cm³/mol. The number of unbranched alkanes of at least 4 members (excludes halogenated alkanes) is 12. The molecule has 2 fully saturated rings. The molecule has 6 atom stereocenters. The average molecular weight is 481 g/mol. The summed E-state index contributed by atoms with van der Waals surface area (Å²) >= 11 is 0. The van der Waals surface area contributed by atoms with E-state index in [0.717, 1.165) is 19.3 Å². The first kappa shape index (κ1) is 27.6. The summed E-state index contributed by atoms with van der Waals surface area (Å²) in [7, 11) is 0. The zero-order valence-electron chi connectivity index (χ0n) is 21.3. The number of fused-ring (bicyclic) bond motifs is 1. The fourth-order valence-corrected chi connectivity index (χ4v) is 5.74. The van der Waals surface area contributed by atoms with Gasteiger partial charge in [0.2, 0.25) is 0 Å². The van der Waals surface area contributed by atoms with E-state index >= 15 is 0 Å². The Labute approximate surface area is 206 Å². The van der Waals surface area contributed by atoms with Gasteiger partial charge < -0.3 is 24.4 Å². The Hall–Kier alpha value is -0.950. The monoisotopic (exact) mass is 480 g/mol. The van der Waals surface area contributed by atoms with Gasteiger partial charge in [0.15, 0.2) is 5.79 Å². The van der Waals surface area contributed by atoms with Gasteiger partial charge in [0.1, 0.15) is 12.2 Å². The zero-order chi connectivity index (χ0) is 24.2. The summed E-state index contributed by atoms with van der Waals surface area (Å²) in [6.07, 6.45) is 20.9. The minimum absolute atomic E-state index is 0.249. The minimum Gasteiger partial charge on any atom is -0.456 e. The van der Waals surface area contributed by atoms with Crippen molar-refractivity contribution >= 4 is 5.97 Å². The lowest BCUT2D eigenvalue weighted by Crippen LogP contribution is -2.47. The Morgan fingerprint density at radius 1 is 0.941 bits per heavy atom. The molecule has 6 nitrogen and oxygen atoms in total. The van der Waals surface area contributed by atoms with E-state index in [4.69, 9.17) is 14.2 Å². The standard InChI is InChI=1S/C28H48O6/c1-2-3-4-5-6-7-8-9-10-11-12-13-14-15-22(29)18-24-19-23(30)20-28(33-24)21-26-25(34-28)16-17-27(31)32-26/h16-17,22-26,29-30H,2-15,18-21H2,1H3. The van der Waals surface area contributed by atoms with Gasteiger partial charge in [0.05, 0.1) is 18.3 Å². The summed E-state index contributed by atoms with van der Waals surface area (Å²) in [5.74, 6) is -1.29. The maximum Gasteiger partial charge on any atom is 0.330 e. The highest BCUT2D eigenvalue weighted by molar-refractivity contribution is 5.83. The van der Waals surface area contributed by atoms with Crippen molar-refractivity contribution in [2.24, 2.45) is 0 Å². The molecule has 0 aromatic rings. The van der Waals surface area contributed by atoms with Crippen LogP contribution < -0.4 is 0 Å². The van der Waals surface area contributed by atoms with Crippen LogP contribution in [0.2, 0.25) is 0 Å². The van der Waals surface area contributed by atoms with E-state index < -0.39 is 18.0 Å². The number of aliphatic hydroxyl groups is 2. The Bertz CT molecular complexity index is 622. The van der Waals surface area contributed by atoms with Crippen LogP contribution in [0.25, 0.3) is 0 Å². The van der Waals surface area contributed by atoms with Gasteiger partial charge in [-0.25, -0.2) is 4.79 Å². The van der Waals surface area contributed by atoms with E-state index in [1.54, 1.807) is 6.08 Å². The second-order valence-corrected chi connectivity index (χ2v) is 10.8. The Morgan fingerprint density at radius 2 is 1.56 bits per heavy atom. The molecule has 196 valence electrons. The molecule has 2 N–H and O–H groups in total. The molecule has 3 aliphatic heterocycles. The van der Waals surface area contributed by atoms with Crippen molar-refractivity contribution in [1.82, 2.24) is 0 Å². The maximum absolute atomic E-state index is 11.5. The van der Waals surface area contributed by atoms with Crippen LogP contribution in [-0.2, 0) is 19.0 Å². The molecular formula is C28H48O6. The highest BCUT2D eigenvalue weighted by Gasteiger charge is 2.53. The topological polar surface area (TPSA) is 85.2 Å². The summed E-state index contributed by atoms with van der Waals surface area (Å²) in [5.41, 5.74) is 0. The minimum atomic E-state index is -0.929. The van der Waals surface area contributed by atoms with E-state index in [1.807, 2.05) is 0 Å². The van der Waals surface area contributed by atoms with Crippen LogP contribution in [0.3, 0.4) is 0 Å². The van der Waals surface area contributed by atoms with E-state index in [-0.39, 0.29) is 24.3 Å². The largest absolute Gasteiger partial charge is 0.456 e. The van der Waals surface area contributed by atoms with Gasteiger partial charge in [0, 0.05) is 18.9 Å². The summed E-state index contributed by atoms with van der Waals surface area (Å²) in [6.45, 7) is 2.27. The molecule has 0 bridgehead atoms. The highest BCUT2D eigenvalue weighted by Crippen LogP contribution is 2.44. The van der Waals surface area contributed by atoms with Gasteiger partial charge in [-0.2, -0.15) is 0 Å². The number of carbonyl (C=O) groups is 1. The van der Waals surface area contributed by atoms with Crippen molar-refractivity contribution in [2.75, 3.05) is 0 Å². The third kappa shape index (κ3) is 9.25. The van der Waals surface area contributed by atoms with Crippen molar-refractivity contribution in [3.05, 3.63) is 12.2 Å². The first-order valence-electron chi connectivity index (χ1n) is 14.1. The quantitative estimate of drug-likeness (QED) is 0.217. The van der Waals surface area contributed by atoms with Crippen LogP contribution in [0, 0.1) is 0 Å². The molecule has 0 aromatic heterocycles. The Balaban J connectivity index is 1.22. The van der Waals surface area contributed by atoms with Gasteiger partial charge >= 0.3 is 5.97 Å². The van der Waals surface area contributed by atoms with Crippen LogP contribution in [-0.4, -0.2) is 52.5 Å². The maximum atomic E-state index is 11.5. The number of rotatable bonds is 16. The molecule has 0 saturated carbocycles. The molecule has 6 unspecified atom stereocenters. The van der Waals surface area contributed by atoms with Crippen LogP contribution in [0.15, 0.2) is 12.2 Å². The zero-order valence-corrected chi connectivity index (χ0v) is 21.3. The van der Waals surface area contributed by atoms with E-state index in [2.05, 4.69) is 6.92 Å². The molecule has 3 heterocycles. The molecule has 0 radical (unpaired) electrons. The lowest BCUT2D eigenvalue weighted by molar-refractivity contribution is -0.285. The lowest BCUT2D eigenvalue weighted by atomic mass is 9.92. The molecule has 2 saturated heterocycles. The van der Waals surface area contributed by atoms with Crippen molar-refractivity contribution in [3.63, 3.8) is 0 Å². The highest BCUT2D eigenvalue weighted by atomic mass is 16.7. The second kappa shape index (κ2) is 14.6. The van der Waals surface area contributed by atoms with Crippen molar-refractivity contribution in [3.8, 4) is 0 Å². The predicted octanol–water partition coefficient (Wildman–Crippen LogP) is 5.73. The van der Waals surface area contributed by atoms with Crippen LogP contribution in [0.1, 0.15) is 122 Å². The molecule has 3 aliphatic rings. The molecule has 0 amide bonds. The molecule has 3 rings (SSSR count). The van der Waals surface area contributed by atoms with E-state index in [1.165, 1.54) is 76.7 Å². The van der Waals surface area contributed by atoms with Crippen molar-refractivity contribution < 1.29 is 29.2 Å². The van der Waals surface area contributed by atoms with E-state index in [9.17, 15) is 15.0 Å². The first-order chi connectivity index (χ1) is 16.5. The van der Waals surface area contributed by atoms with Gasteiger partial charge in [-0.3, -0.25) is 0 Å². The average Bonchev–Trinajstić information content (AvgIpc) is 3.12. The summed E-state index contributed by atoms with van der Waals surface area (Å²) in [5, 5.41) is 21.0. The number of carbonyl (C=O) groups excluding carboxylic acids is 1. The normalized spacial score (nSPS) is 31.6. The smallest absolute Gasteiger partial charge is 0.330 e. The van der Waals surface area contributed by atoms with Gasteiger partial charge in [-0.1, -0.05) is 90.4 Å². The van der Waals surface area contributed by atoms with Crippen LogP contribution in [0.4, 0.5) is 0 Å². The number of hydrogen-bond acceptors (Lipinski definition) is 6. The summed E-state index contributed by atoms with van der Waals surface area (Å²) in [4.78, 5) is 11.5. The first-order valence-corrected chi connectivity index (χ1v) is 14.1. The third-order valence-electron chi connectivity index (χ3n) is 7.56. The number of ether oxygens (including phenoxy) is 3. The summed E-state index contributed by atoms with van der Waals surface area (Å²) < 4.78 is 17.7. The number of aliphatic hydroxyl groups excluding tert-OH is 2. The lowest BCUT2D eigenvalue weighted by Gasteiger charge is -2.40. The van der Waals surface area contributed by atoms with Gasteiger partial charge in [-0.05, 0) is 25.3 Å². The van der Waals surface area contributed by atoms with Crippen molar-refractivity contribution in [1.29, 1.82) is 0 Å². The fourth-order valence-electron chi connectivity index (χ4n) is 5.74.